The average molecular weight is 252 g/mol. The Hall–Kier alpha value is -1.36. The maximum Gasteiger partial charge on any atom is 0.293 e. The Balaban J connectivity index is 1.89. The van der Waals surface area contributed by atoms with Crippen LogP contribution in [0, 0.1) is 0 Å². The Morgan fingerprint density at radius 1 is 1.29 bits per heavy atom. The number of nitrogens with zero attached hydrogens (tertiary/aromatic N) is 1. The van der Waals surface area contributed by atoms with Crippen molar-refractivity contribution in [3.8, 4) is 0 Å². The molecule has 0 aromatic carbocycles. The van der Waals surface area contributed by atoms with E-state index in [1.807, 2.05) is 0 Å². The number of amides is 1. The molecule has 0 unspecified atom stereocenters. The minimum atomic E-state index is -0.274. The van der Waals surface area contributed by atoms with Crippen molar-refractivity contribution < 1.29 is 9.21 Å². The fourth-order valence-electron chi connectivity index (χ4n) is 1.92. The van der Waals surface area contributed by atoms with E-state index in [2.05, 4.69) is 10.2 Å². The van der Waals surface area contributed by atoms with E-state index in [9.17, 15) is 4.79 Å². The molecule has 5 heteroatoms. The molecule has 1 aliphatic rings. The van der Waals surface area contributed by atoms with Gasteiger partial charge in [-0.2, -0.15) is 0 Å². The van der Waals surface area contributed by atoms with E-state index < -0.39 is 0 Å². The van der Waals surface area contributed by atoms with Gasteiger partial charge in [-0.25, -0.2) is 0 Å². The molecule has 17 heavy (non-hydrogen) atoms. The van der Waals surface area contributed by atoms with Gasteiger partial charge in [-0.3, -0.25) is 10.1 Å². The van der Waals surface area contributed by atoms with Crippen molar-refractivity contribution in [1.82, 2.24) is 10.2 Å². The van der Waals surface area contributed by atoms with Crippen molar-refractivity contribution in [3.63, 3.8) is 0 Å². The quantitative estimate of drug-likeness (QED) is 0.778. The molecule has 4 nitrogen and oxygen atoms in total. The molecule has 92 valence electrons. The third-order valence-electron chi connectivity index (χ3n) is 2.86. The van der Waals surface area contributed by atoms with Crippen LogP contribution in [0.4, 0.5) is 0 Å². The summed E-state index contributed by atoms with van der Waals surface area (Å²) in [6.07, 6.45) is 6.23. The Kier molecular flexibility index (Phi) is 4.14. The van der Waals surface area contributed by atoms with Crippen LogP contribution in [-0.2, 0) is 0 Å². The van der Waals surface area contributed by atoms with Gasteiger partial charge >= 0.3 is 0 Å². The minimum absolute atomic E-state index is 0.274. The van der Waals surface area contributed by atoms with Gasteiger partial charge in [0.2, 0.25) is 0 Å². The van der Waals surface area contributed by atoms with Crippen molar-refractivity contribution in [2.75, 3.05) is 13.1 Å². The molecule has 2 heterocycles. The molecule has 1 aromatic heterocycles. The predicted molar refractivity (Wildman–Crippen MR) is 68.8 cm³/mol. The van der Waals surface area contributed by atoms with Gasteiger partial charge in [0.1, 0.15) is 0 Å². The van der Waals surface area contributed by atoms with Crippen LogP contribution in [0.2, 0.25) is 0 Å². The van der Waals surface area contributed by atoms with E-state index in [0.29, 0.717) is 10.9 Å². The summed E-state index contributed by atoms with van der Waals surface area (Å²) < 4.78 is 5.02. The first-order chi connectivity index (χ1) is 8.27. The fourth-order valence-corrected chi connectivity index (χ4v) is 2.19. The monoisotopic (exact) mass is 252 g/mol. The lowest BCUT2D eigenvalue weighted by atomic mass is 10.2. The first kappa shape index (κ1) is 12.1. The summed E-state index contributed by atoms with van der Waals surface area (Å²) in [5, 5.41) is 3.21. The Morgan fingerprint density at radius 3 is 2.59 bits per heavy atom. The highest BCUT2D eigenvalue weighted by Crippen LogP contribution is 2.10. The molecule has 1 fully saturated rings. The van der Waals surface area contributed by atoms with Gasteiger partial charge in [0.15, 0.2) is 10.9 Å². The molecule has 0 radical (unpaired) electrons. The van der Waals surface area contributed by atoms with E-state index >= 15 is 0 Å². The molecule has 1 amide bonds. The lowest BCUT2D eigenvalue weighted by Crippen LogP contribution is -2.43. The second-order valence-electron chi connectivity index (χ2n) is 4.14. The van der Waals surface area contributed by atoms with Crippen molar-refractivity contribution in [1.29, 1.82) is 0 Å². The van der Waals surface area contributed by atoms with E-state index in [-0.39, 0.29) is 5.91 Å². The molecule has 0 atom stereocenters. The number of carbonyl (C=O) groups is 1. The van der Waals surface area contributed by atoms with E-state index in [1.54, 1.807) is 12.1 Å². The van der Waals surface area contributed by atoms with E-state index in [0.717, 1.165) is 25.9 Å². The van der Waals surface area contributed by atoms with Crippen LogP contribution >= 0.6 is 12.2 Å². The first-order valence-electron chi connectivity index (χ1n) is 5.91. The van der Waals surface area contributed by atoms with Gasteiger partial charge in [-0.15, -0.1) is 0 Å². The average Bonchev–Trinajstić information content (AvgIpc) is 2.71. The van der Waals surface area contributed by atoms with Gasteiger partial charge in [0.25, 0.3) is 5.91 Å². The highest BCUT2D eigenvalue weighted by atomic mass is 32.1. The SMILES string of the molecule is O=C(NC(=S)N1CCCCCC1)c1ccco1. The molecule has 1 aliphatic heterocycles. The highest BCUT2D eigenvalue weighted by molar-refractivity contribution is 7.80. The molecule has 0 bridgehead atoms. The molecule has 0 saturated carbocycles. The number of carbonyl (C=O) groups excluding carboxylic acids is 1. The number of rotatable bonds is 1. The Morgan fingerprint density at radius 2 is 2.00 bits per heavy atom. The zero-order valence-corrected chi connectivity index (χ0v) is 10.5. The van der Waals surface area contributed by atoms with Gasteiger partial charge in [0, 0.05) is 13.1 Å². The number of furan rings is 1. The molecule has 1 saturated heterocycles. The molecular formula is C12H16N2O2S. The summed E-state index contributed by atoms with van der Waals surface area (Å²) in [5.74, 6) is 0.0198. The summed E-state index contributed by atoms with van der Waals surface area (Å²) in [7, 11) is 0. The summed E-state index contributed by atoms with van der Waals surface area (Å²) >= 11 is 5.24. The lowest BCUT2D eigenvalue weighted by Gasteiger charge is -2.22. The van der Waals surface area contributed by atoms with Crippen LogP contribution in [0.25, 0.3) is 0 Å². The summed E-state index contributed by atoms with van der Waals surface area (Å²) in [5.41, 5.74) is 0. The smallest absolute Gasteiger partial charge is 0.293 e. The second-order valence-corrected chi connectivity index (χ2v) is 4.52. The van der Waals surface area contributed by atoms with Crippen LogP contribution in [0.15, 0.2) is 22.8 Å². The topological polar surface area (TPSA) is 45.5 Å². The highest BCUT2D eigenvalue weighted by Gasteiger charge is 2.16. The number of hydrogen-bond acceptors (Lipinski definition) is 3. The van der Waals surface area contributed by atoms with Crippen LogP contribution < -0.4 is 5.32 Å². The second kappa shape index (κ2) is 5.82. The Labute approximate surface area is 106 Å². The molecule has 0 spiro atoms. The largest absolute Gasteiger partial charge is 0.459 e. The van der Waals surface area contributed by atoms with Crippen molar-refractivity contribution in [3.05, 3.63) is 24.2 Å². The third-order valence-corrected chi connectivity index (χ3v) is 3.22. The van der Waals surface area contributed by atoms with Crippen molar-refractivity contribution >= 4 is 23.2 Å². The predicted octanol–water partition coefficient (Wildman–Crippen LogP) is 2.17. The van der Waals surface area contributed by atoms with E-state index in [4.69, 9.17) is 16.6 Å². The number of thiocarbonyl (C=S) groups is 1. The standard InChI is InChI=1S/C12H16N2O2S/c15-11(10-6-5-9-16-10)13-12(17)14-7-3-1-2-4-8-14/h5-6,9H,1-4,7-8H2,(H,13,15,17). The number of nitrogens with one attached hydrogen (secondary N) is 1. The molecular weight excluding hydrogens is 236 g/mol. The van der Waals surface area contributed by atoms with Gasteiger partial charge < -0.3 is 9.32 Å². The van der Waals surface area contributed by atoms with Crippen LogP contribution in [0.3, 0.4) is 0 Å². The molecule has 1 N–H and O–H groups in total. The number of hydrogen-bond donors (Lipinski definition) is 1. The van der Waals surface area contributed by atoms with Crippen molar-refractivity contribution in [2.24, 2.45) is 0 Å². The lowest BCUT2D eigenvalue weighted by molar-refractivity contribution is 0.0946. The zero-order valence-electron chi connectivity index (χ0n) is 9.65. The third kappa shape index (κ3) is 3.30. The van der Waals surface area contributed by atoms with Gasteiger partial charge in [-0.05, 0) is 37.2 Å². The number of likely N-dealkylation sites (tertiary alicyclic amines) is 1. The normalized spacial score (nSPS) is 16.4. The fraction of sp³-hybridized carbons (Fsp3) is 0.500. The van der Waals surface area contributed by atoms with Crippen LogP contribution in [-0.4, -0.2) is 29.0 Å². The summed E-state index contributed by atoms with van der Waals surface area (Å²) in [6.45, 7) is 1.86. The van der Waals surface area contributed by atoms with Crippen LogP contribution in [0.1, 0.15) is 36.2 Å². The van der Waals surface area contributed by atoms with Crippen LogP contribution in [0.5, 0.6) is 0 Å². The maximum atomic E-state index is 11.7. The Bertz CT molecular complexity index is 381. The maximum absolute atomic E-state index is 11.7. The zero-order chi connectivity index (χ0) is 12.1. The molecule has 1 aromatic rings. The minimum Gasteiger partial charge on any atom is -0.459 e. The summed E-state index contributed by atoms with van der Waals surface area (Å²) in [4.78, 5) is 13.8. The van der Waals surface area contributed by atoms with Gasteiger partial charge in [0.05, 0.1) is 6.26 Å². The first-order valence-corrected chi connectivity index (χ1v) is 6.32. The molecule has 2 rings (SSSR count). The van der Waals surface area contributed by atoms with Gasteiger partial charge in [-0.1, -0.05) is 12.8 Å². The molecule has 0 aliphatic carbocycles. The van der Waals surface area contributed by atoms with E-state index in [1.165, 1.54) is 19.1 Å². The van der Waals surface area contributed by atoms with Crippen molar-refractivity contribution in [2.45, 2.75) is 25.7 Å². The summed E-state index contributed by atoms with van der Waals surface area (Å²) in [6, 6.07) is 3.31.